The van der Waals surface area contributed by atoms with E-state index in [1.807, 2.05) is 12.1 Å². The number of hydrogen-bond donors (Lipinski definition) is 1. The predicted octanol–water partition coefficient (Wildman–Crippen LogP) is 3.38. The second-order valence-corrected chi connectivity index (χ2v) is 5.85. The molecule has 1 aromatic rings. The standard InChI is InChI=1S/C17H27NO3/c1-5-12(2)8-13(3)18-11-14-9-15(19-4)17-16(10-14)20-6-7-21-17/h9-10,12-13,18H,5-8,11H2,1-4H3. The Morgan fingerprint density at radius 1 is 1.24 bits per heavy atom. The van der Waals surface area contributed by atoms with Gasteiger partial charge in [-0.05, 0) is 37.0 Å². The van der Waals surface area contributed by atoms with E-state index in [0.717, 1.165) is 35.3 Å². The Morgan fingerprint density at radius 3 is 2.71 bits per heavy atom. The Hall–Kier alpha value is -1.42. The zero-order valence-corrected chi connectivity index (χ0v) is 13.6. The molecule has 2 rings (SSSR count). The lowest BCUT2D eigenvalue weighted by molar-refractivity contribution is 0.165. The van der Waals surface area contributed by atoms with Crippen LogP contribution in [-0.2, 0) is 6.54 Å². The molecule has 1 aliphatic rings. The molecule has 4 nitrogen and oxygen atoms in total. The van der Waals surface area contributed by atoms with E-state index < -0.39 is 0 Å². The molecule has 0 saturated heterocycles. The highest BCUT2D eigenvalue weighted by atomic mass is 16.6. The molecule has 0 amide bonds. The van der Waals surface area contributed by atoms with Crippen LogP contribution in [0.1, 0.15) is 39.2 Å². The van der Waals surface area contributed by atoms with Crippen LogP contribution < -0.4 is 19.5 Å². The van der Waals surface area contributed by atoms with Gasteiger partial charge in [-0.1, -0.05) is 20.3 Å². The van der Waals surface area contributed by atoms with Crippen molar-refractivity contribution in [2.45, 2.75) is 46.2 Å². The highest BCUT2D eigenvalue weighted by molar-refractivity contribution is 5.54. The van der Waals surface area contributed by atoms with Crippen LogP contribution in [0.4, 0.5) is 0 Å². The van der Waals surface area contributed by atoms with Crippen LogP contribution in [-0.4, -0.2) is 26.4 Å². The minimum atomic E-state index is 0.499. The molecule has 1 aliphatic heterocycles. The summed E-state index contributed by atoms with van der Waals surface area (Å²) < 4.78 is 16.7. The van der Waals surface area contributed by atoms with Gasteiger partial charge in [0.15, 0.2) is 11.5 Å². The Morgan fingerprint density at radius 2 is 2.00 bits per heavy atom. The fraction of sp³-hybridized carbons (Fsp3) is 0.647. The van der Waals surface area contributed by atoms with Gasteiger partial charge in [-0.3, -0.25) is 0 Å². The first kappa shape index (κ1) is 16.0. The zero-order valence-electron chi connectivity index (χ0n) is 13.6. The van der Waals surface area contributed by atoms with Crippen molar-refractivity contribution in [1.29, 1.82) is 0 Å². The van der Waals surface area contributed by atoms with Crippen LogP contribution in [0.5, 0.6) is 17.2 Å². The van der Waals surface area contributed by atoms with Crippen molar-refractivity contribution in [3.63, 3.8) is 0 Å². The normalized spacial score (nSPS) is 16.4. The largest absolute Gasteiger partial charge is 0.493 e. The summed E-state index contributed by atoms with van der Waals surface area (Å²) in [7, 11) is 1.66. The monoisotopic (exact) mass is 293 g/mol. The molecule has 0 spiro atoms. The highest BCUT2D eigenvalue weighted by Crippen LogP contribution is 2.40. The molecule has 1 heterocycles. The van der Waals surface area contributed by atoms with Crippen molar-refractivity contribution in [1.82, 2.24) is 5.32 Å². The van der Waals surface area contributed by atoms with E-state index >= 15 is 0 Å². The van der Waals surface area contributed by atoms with Gasteiger partial charge in [0.05, 0.1) is 7.11 Å². The molecule has 0 bridgehead atoms. The third kappa shape index (κ3) is 4.27. The second kappa shape index (κ2) is 7.55. The van der Waals surface area contributed by atoms with E-state index in [-0.39, 0.29) is 0 Å². The predicted molar refractivity (Wildman–Crippen MR) is 84.4 cm³/mol. The van der Waals surface area contributed by atoms with E-state index in [9.17, 15) is 0 Å². The summed E-state index contributed by atoms with van der Waals surface area (Å²) in [6.07, 6.45) is 2.42. The first-order chi connectivity index (χ1) is 10.1. The molecule has 0 aromatic heterocycles. The molecule has 2 unspecified atom stereocenters. The lowest BCUT2D eigenvalue weighted by Crippen LogP contribution is -2.27. The first-order valence-corrected chi connectivity index (χ1v) is 7.84. The van der Waals surface area contributed by atoms with Crippen molar-refractivity contribution in [3.05, 3.63) is 17.7 Å². The molecule has 21 heavy (non-hydrogen) atoms. The number of benzene rings is 1. The van der Waals surface area contributed by atoms with Crippen molar-refractivity contribution < 1.29 is 14.2 Å². The third-order valence-corrected chi connectivity index (χ3v) is 4.00. The Balaban J connectivity index is 2.00. The summed E-state index contributed by atoms with van der Waals surface area (Å²) in [6.45, 7) is 8.75. The topological polar surface area (TPSA) is 39.7 Å². The summed E-state index contributed by atoms with van der Waals surface area (Å²) >= 11 is 0. The fourth-order valence-electron chi connectivity index (χ4n) is 2.58. The number of fused-ring (bicyclic) bond motifs is 1. The Labute approximate surface area is 127 Å². The summed E-state index contributed by atoms with van der Waals surface area (Å²) in [5.41, 5.74) is 1.16. The number of rotatable bonds is 7. The van der Waals surface area contributed by atoms with Gasteiger partial charge in [-0.2, -0.15) is 0 Å². The van der Waals surface area contributed by atoms with E-state index in [1.165, 1.54) is 12.8 Å². The molecule has 0 fully saturated rings. The number of ether oxygens (including phenoxy) is 3. The highest BCUT2D eigenvalue weighted by Gasteiger charge is 2.18. The molecule has 0 aliphatic carbocycles. The molecule has 0 saturated carbocycles. The minimum absolute atomic E-state index is 0.499. The van der Waals surface area contributed by atoms with Gasteiger partial charge in [-0.15, -0.1) is 0 Å². The van der Waals surface area contributed by atoms with E-state index in [2.05, 4.69) is 26.1 Å². The van der Waals surface area contributed by atoms with Crippen LogP contribution in [0.3, 0.4) is 0 Å². The molecule has 1 aromatic carbocycles. The molecule has 2 atom stereocenters. The Bertz CT molecular complexity index is 444. The van der Waals surface area contributed by atoms with Crippen LogP contribution in [0.2, 0.25) is 0 Å². The van der Waals surface area contributed by atoms with Gasteiger partial charge in [0, 0.05) is 12.6 Å². The van der Waals surface area contributed by atoms with E-state index in [0.29, 0.717) is 19.3 Å². The molecule has 0 radical (unpaired) electrons. The molecular weight excluding hydrogens is 266 g/mol. The average Bonchev–Trinajstić information content (AvgIpc) is 2.51. The van der Waals surface area contributed by atoms with Crippen LogP contribution in [0.25, 0.3) is 0 Å². The summed E-state index contributed by atoms with van der Waals surface area (Å²) in [6, 6.07) is 4.57. The second-order valence-electron chi connectivity index (χ2n) is 5.85. The van der Waals surface area contributed by atoms with Crippen LogP contribution >= 0.6 is 0 Å². The quantitative estimate of drug-likeness (QED) is 0.836. The first-order valence-electron chi connectivity index (χ1n) is 7.84. The van der Waals surface area contributed by atoms with E-state index in [1.54, 1.807) is 7.11 Å². The molecular formula is C17H27NO3. The average molecular weight is 293 g/mol. The van der Waals surface area contributed by atoms with Gasteiger partial charge in [0.2, 0.25) is 5.75 Å². The van der Waals surface area contributed by atoms with Gasteiger partial charge < -0.3 is 19.5 Å². The van der Waals surface area contributed by atoms with Crippen molar-refractivity contribution in [3.8, 4) is 17.2 Å². The van der Waals surface area contributed by atoms with Crippen LogP contribution in [0, 0.1) is 5.92 Å². The van der Waals surface area contributed by atoms with Gasteiger partial charge >= 0.3 is 0 Å². The van der Waals surface area contributed by atoms with Crippen molar-refractivity contribution in [2.75, 3.05) is 20.3 Å². The third-order valence-electron chi connectivity index (χ3n) is 4.00. The summed E-state index contributed by atoms with van der Waals surface area (Å²) in [5, 5.41) is 3.57. The van der Waals surface area contributed by atoms with Crippen molar-refractivity contribution in [2.24, 2.45) is 5.92 Å². The lowest BCUT2D eigenvalue weighted by Gasteiger charge is -2.22. The molecule has 1 N–H and O–H groups in total. The maximum atomic E-state index is 5.66. The lowest BCUT2D eigenvalue weighted by atomic mass is 10.0. The summed E-state index contributed by atoms with van der Waals surface area (Å²) in [5.74, 6) is 3.01. The fourth-order valence-corrected chi connectivity index (χ4v) is 2.58. The van der Waals surface area contributed by atoms with Gasteiger partial charge in [-0.25, -0.2) is 0 Å². The number of methoxy groups -OCH3 is 1. The maximum absolute atomic E-state index is 5.66. The number of nitrogens with one attached hydrogen (secondary N) is 1. The Kier molecular flexibility index (Phi) is 5.74. The molecule has 4 heteroatoms. The molecule has 118 valence electrons. The van der Waals surface area contributed by atoms with Gasteiger partial charge in [0.25, 0.3) is 0 Å². The smallest absolute Gasteiger partial charge is 0.203 e. The summed E-state index contributed by atoms with van der Waals surface area (Å²) in [4.78, 5) is 0. The van der Waals surface area contributed by atoms with Crippen LogP contribution in [0.15, 0.2) is 12.1 Å². The number of hydrogen-bond acceptors (Lipinski definition) is 4. The van der Waals surface area contributed by atoms with Gasteiger partial charge in [0.1, 0.15) is 13.2 Å². The van der Waals surface area contributed by atoms with E-state index in [4.69, 9.17) is 14.2 Å². The maximum Gasteiger partial charge on any atom is 0.203 e. The zero-order chi connectivity index (χ0) is 15.2. The minimum Gasteiger partial charge on any atom is -0.493 e. The van der Waals surface area contributed by atoms with Crippen molar-refractivity contribution >= 4 is 0 Å². The SMILES string of the molecule is CCC(C)CC(C)NCc1cc(OC)c2c(c1)OCCO2.